The van der Waals surface area contributed by atoms with Gasteiger partial charge in [-0.05, 0) is 46.8 Å². The molecular formula is C15H22O5S. The molecule has 5 nitrogen and oxygen atoms in total. The lowest BCUT2D eigenvalue weighted by Gasteiger charge is -2.28. The van der Waals surface area contributed by atoms with Gasteiger partial charge in [-0.2, -0.15) is 8.42 Å². The van der Waals surface area contributed by atoms with Gasteiger partial charge >= 0.3 is 5.97 Å². The Kier molecular flexibility index (Phi) is 5.53. The van der Waals surface area contributed by atoms with Crippen LogP contribution in [0.4, 0.5) is 0 Å². The van der Waals surface area contributed by atoms with Gasteiger partial charge in [0.05, 0.1) is 23.0 Å². The summed E-state index contributed by atoms with van der Waals surface area (Å²) in [7, 11) is -3.92. The van der Waals surface area contributed by atoms with E-state index in [1.807, 2.05) is 6.92 Å². The molecule has 0 bridgehead atoms. The van der Waals surface area contributed by atoms with E-state index in [4.69, 9.17) is 8.92 Å². The minimum Gasteiger partial charge on any atom is -0.466 e. The molecule has 0 radical (unpaired) electrons. The van der Waals surface area contributed by atoms with E-state index in [1.165, 1.54) is 12.1 Å². The zero-order chi connectivity index (χ0) is 16.3. The normalized spacial score (nSPS) is 13.8. The first-order valence-electron chi connectivity index (χ1n) is 6.78. The molecule has 6 heteroatoms. The van der Waals surface area contributed by atoms with Gasteiger partial charge in [0.25, 0.3) is 10.1 Å². The van der Waals surface area contributed by atoms with Crippen LogP contribution in [-0.2, 0) is 23.8 Å². The van der Waals surface area contributed by atoms with Crippen LogP contribution in [0, 0.1) is 12.3 Å². The Morgan fingerprint density at radius 2 is 1.76 bits per heavy atom. The standard InChI is InChI=1S/C15H22O5S/c1-6-19-14(16)15(4,5)12(3)20-21(17,18)13-9-7-11(2)8-10-13/h7-10,12H,6H2,1-5H3. The first-order valence-corrected chi connectivity index (χ1v) is 8.19. The number of aryl methyl sites for hydroxylation is 1. The van der Waals surface area contributed by atoms with Gasteiger partial charge < -0.3 is 4.74 Å². The van der Waals surface area contributed by atoms with Crippen molar-refractivity contribution in [1.29, 1.82) is 0 Å². The summed E-state index contributed by atoms with van der Waals surface area (Å²) in [6.07, 6.45) is -0.845. The summed E-state index contributed by atoms with van der Waals surface area (Å²) in [5, 5.41) is 0. The van der Waals surface area contributed by atoms with Crippen molar-refractivity contribution in [2.75, 3.05) is 6.61 Å². The molecule has 0 fully saturated rings. The largest absolute Gasteiger partial charge is 0.466 e. The molecule has 1 unspecified atom stereocenters. The molecule has 1 aromatic rings. The van der Waals surface area contributed by atoms with Crippen molar-refractivity contribution < 1.29 is 22.1 Å². The number of rotatable bonds is 6. The van der Waals surface area contributed by atoms with Crippen LogP contribution in [0.2, 0.25) is 0 Å². The third-order valence-corrected chi connectivity index (χ3v) is 4.79. The third kappa shape index (κ3) is 4.28. The van der Waals surface area contributed by atoms with Crippen molar-refractivity contribution in [2.24, 2.45) is 5.41 Å². The van der Waals surface area contributed by atoms with Crippen LogP contribution in [0.1, 0.15) is 33.3 Å². The zero-order valence-corrected chi connectivity index (χ0v) is 13.9. The Labute approximate surface area is 126 Å². The van der Waals surface area contributed by atoms with Crippen molar-refractivity contribution >= 4 is 16.1 Å². The molecule has 21 heavy (non-hydrogen) atoms. The Bertz CT molecular complexity index is 587. The second kappa shape index (κ2) is 6.58. The van der Waals surface area contributed by atoms with E-state index >= 15 is 0 Å². The van der Waals surface area contributed by atoms with Crippen molar-refractivity contribution in [3.05, 3.63) is 29.8 Å². The van der Waals surface area contributed by atoms with Gasteiger partial charge in [0.15, 0.2) is 0 Å². The van der Waals surface area contributed by atoms with Gasteiger partial charge in [0.1, 0.15) is 0 Å². The van der Waals surface area contributed by atoms with E-state index in [1.54, 1.807) is 39.8 Å². The van der Waals surface area contributed by atoms with Crippen molar-refractivity contribution in [3.8, 4) is 0 Å². The fourth-order valence-electron chi connectivity index (χ4n) is 1.55. The molecule has 0 saturated carbocycles. The van der Waals surface area contributed by atoms with E-state index in [0.29, 0.717) is 0 Å². The van der Waals surface area contributed by atoms with Crippen LogP contribution in [0.3, 0.4) is 0 Å². The molecule has 0 saturated heterocycles. The summed E-state index contributed by atoms with van der Waals surface area (Å²) in [6, 6.07) is 6.35. The van der Waals surface area contributed by atoms with Crippen molar-refractivity contribution in [3.63, 3.8) is 0 Å². The molecule has 0 N–H and O–H groups in total. The van der Waals surface area contributed by atoms with Crippen LogP contribution in [0.5, 0.6) is 0 Å². The molecular weight excluding hydrogens is 292 g/mol. The Balaban J connectivity index is 2.93. The summed E-state index contributed by atoms with van der Waals surface area (Å²) in [5.74, 6) is -0.489. The average molecular weight is 314 g/mol. The number of carbonyl (C=O) groups excluding carboxylic acids is 1. The van der Waals surface area contributed by atoms with Crippen LogP contribution in [-0.4, -0.2) is 27.1 Å². The SMILES string of the molecule is CCOC(=O)C(C)(C)C(C)OS(=O)(=O)c1ccc(C)cc1. The van der Waals surface area contributed by atoms with E-state index in [2.05, 4.69) is 0 Å². The molecule has 0 aliphatic rings. The predicted molar refractivity (Wildman–Crippen MR) is 79.3 cm³/mol. The predicted octanol–water partition coefficient (Wildman–Crippen LogP) is 2.68. The van der Waals surface area contributed by atoms with Gasteiger partial charge in [0, 0.05) is 0 Å². The monoisotopic (exact) mass is 314 g/mol. The first kappa shape index (κ1) is 17.7. The third-order valence-electron chi connectivity index (χ3n) is 3.40. The van der Waals surface area contributed by atoms with E-state index in [9.17, 15) is 13.2 Å². The summed E-state index contributed by atoms with van der Waals surface area (Å²) >= 11 is 0. The lowest BCUT2D eigenvalue weighted by atomic mass is 9.88. The number of hydrogen-bond acceptors (Lipinski definition) is 5. The van der Waals surface area contributed by atoms with Crippen LogP contribution < -0.4 is 0 Å². The molecule has 0 amide bonds. The summed E-state index contributed by atoms with van der Waals surface area (Å²) in [4.78, 5) is 11.9. The number of hydrogen-bond donors (Lipinski definition) is 0. The topological polar surface area (TPSA) is 69.7 Å². The highest BCUT2D eigenvalue weighted by Gasteiger charge is 2.39. The van der Waals surface area contributed by atoms with Gasteiger partial charge in [0.2, 0.25) is 0 Å². The maximum absolute atomic E-state index is 12.2. The molecule has 118 valence electrons. The van der Waals surface area contributed by atoms with Crippen LogP contribution >= 0.6 is 0 Å². The number of benzene rings is 1. The van der Waals surface area contributed by atoms with E-state index < -0.39 is 27.6 Å². The van der Waals surface area contributed by atoms with Gasteiger partial charge in [-0.3, -0.25) is 8.98 Å². The minimum atomic E-state index is -3.92. The Morgan fingerprint density at radius 1 is 1.24 bits per heavy atom. The minimum absolute atomic E-state index is 0.0691. The Hall–Kier alpha value is -1.40. The number of esters is 1. The quantitative estimate of drug-likeness (QED) is 0.596. The highest BCUT2D eigenvalue weighted by Crippen LogP contribution is 2.28. The molecule has 0 aliphatic heterocycles. The molecule has 1 rings (SSSR count). The summed E-state index contributed by atoms with van der Waals surface area (Å²) in [6.45, 7) is 8.54. The second-order valence-electron chi connectivity index (χ2n) is 5.45. The van der Waals surface area contributed by atoms with Crippen LogP contribution in [0.25, 0.3) is 0 Å². The van der Waals surface area contributed by atoms with E-state index in [-0.39, 0.29) is 11.5 Å². The lowest BCUT2D eigenvalue weighted by molar-refractivity contribution is -0.158. The van der Waals surface area contributed by atoms with Gasteiger partial charge in [-0.25, -0.2) is 0 Å². The Morgan fingerprint density at radius 3 is 2.24 bits per heavy atom. The molecule has 0 spiro atoms. The van der Waals surface area contributed by atoms with Gasteiger partial charge in [-0.1, -0.05) is 17.7 Å². The van der Waals surface area contributed by atoms with Crippen LogP contribution in [0.15, 0.2) is 29.2 Å². The number of ether oxygens (including phenoxy) is 1. The fourth-order valence-corrected chi connectivity index (χ4v) is 2.75. The average Bonchev–Trinajstić information content (AvgIpc) is 2.38. The highest BCUT2D eigenvalue weighted by molar-refractivity contribution is 7.86. The lowest BCUT2D eigenvalue weighted by Crippen LogP contribution is -2.39. The maximum atomic E-state index is 12.2. The molecule has 0 heterocycles. The second-order valence-corrected chi connectivity index (χ2v) is 7.02. The van der Waals surface area contributed by atoms with Crippen molar-refractivity contribution in [1.82, 2.24) is 0 Å². The summed E-state index contributed by atoms with van der Waals surface area (Å²) < 4.78 is 34.5. The van der Waals surface area contributed by atoms with Crippen molar-refractivity contribution in [2.45, 2.75) is 45.6 Å². The maximum Gasteiger partial charge on any atom is 0.314 e. The number of carbonyl (C=O) groups is 1. The molecule has 0 aromatic heterocycles. The fraction of sp³-hybridized carbons (Fsp3) is 0.533. The molecule has 1 atom stereocenters. The zero-order valence-electron chi connectivity index (χ0n) is 13.0. The first-order chi connectivity index (χ1) is 9.61. The van der Waals surface area contributed by atoms with E-state index in [0.717, 1.165) is 5.56 Å². The smallest absolute Gasteiger partial charge is 0.314 e. The molecule has 1 aromatic carbocycles. The molecule has 0 aliphatic carbocycles. The summed E-state index contributed by atoms with van der Waals surface area (Å²) in [5.41, 5.74) is -0.109. The highest BCUT2D eigenvalue weighted by atomic mass is 32.2. The van der Waals surface area contributed by atoms with Gasteiger partial charge in [-0.15, -0.1) is 0 Å².